The smallest absolute Gasteiger partial charge is 0.322 e. The molecule has 0 unspecified atom stereocenters. The van der Waals surface area contributed by atoms with Gasteiger partial charge in [-0.3, -0.25) is 4.79 Å². The number of carboxylic acids is 1. The van der Waals surface area contributed by atoms with E-state index in [-0.39, 0.29) is 6.54 Å². The summed E-state index contributed by atoms with van der Waals surface area (Å²) in [5, 5.41) is 11.2. The van der Waals surface area contributed by atoms with E-state index in [0.29, 0.717) is 16.9 Å². The average molecular weight is 193 g/mol. The first-order chi connectivity index (χ1) is 6.77. The number of hydrogen-bond donors (Lipinski definition) is 2. The molecule has 6 heteroatoms. The molecule has 0 saturated heterocycles. The van der Waals surface area contributed by atoms with E-state index in [1.807, 2.05) is 0 Å². The molecule has 0 aliphatic carbocycles. The van der Waals surface area contributed by atoms with Gasteiger partial charge in [-0.05, 0) is 6.07 Å². The van der Waals surface area contributed by atoms with Crippen LogP contribution in [-0.2, 0) is 4.79 Å². The molecule has 0 amide bonds. The molecule has 0 spiro atoms. The largest absolute Gasteiger partial charge is 0.480 e. The summed E-state index contributed by atoms with van der Waals surface area (Å²) in [6.07, 6.45) is 2.79. The lowest BCUT2D eigenvalue weighted by atomic mass is 10.3. The fourth-order valence-corrected chi connectivity index (χ4v) is 1.09. The molecule has 0 atom stereocenters. The zero-order valence-corrected chi connectivity index (χ0v) is 7.10. The van der Waals surface area contributed by atoms with Gasteiger partial charge in [0.05, 0.1) is 5.69 Å². The molecular formula is C8H7N3O3. The van der Waals surface area contributed by atoms with Gasteiger partial charge in [0, 0.05) is 6.20 Å². The van der Waals surface area contributed by atoms with Crippen molar-refractivity contribution in [2.75, 3.05) is 11.9 Å². The van der Waals surface area contributed by atoms with E-state index in [1.165, 1.54) is 12.6 Å². The van der Waals surface area contributed by atoms with E-state index in [1.54, 1.807) is 6.07 Å². The monoisotopic (exact) mass is 193 g/mol. The van der Waals surface area contributed by atoms with Gasteiger partial charge in [0.2, 0.25) is 5.71 Å². The van der Waals surface area contributed by atoms with Crippen molar-refractivity contribution >= 4 is 22.9 Å². The van der Waals surface area contributed by atoms with Gasteiger partial charge in [-0.25, -0.2) is 9.97 Å². The molecule has 72 valence electrons. The van der Waals surface area contributed by atoms with Crippen LogP contribution in [0.3, 0.4) is 0 Å². The fourth-order valence-electron chi connectivity index (χ4n) is 1.09. The molecule has 0 aromatic carbocycles. The third kappa shape index (κ3) is 1.49. The van der Waals surface area contributed by atoms with Crippen LogP contribution in [0.25, 0.3) is 11.2 Å². The lowest BCUT2D eigenvalue weighted by Crippen LogP contribution is -2.12. The first-order valence-electron chi connectivity index (χ1n) is 3.91. The Kier molecular flexibility index (Phi) is 2.02. The molecule has 0 bridgehead atoms. The molecule has 2 aromatic rings. The van der Waals surface area contributed by atoms with Crippen LogP contribution < -0.4 is 5.32 Å². The molecular weight excluding hydrogens is 186 g/mol. The van der Waals surface area contributed by atoms with Gasteiger partial charge >= 0.3 is 5.97 Å². The molecule has 0 aliphatic heterocycles. The summed E-state index contributed by atoms with van der Waals surface area (Å²) >= 11 is 0. The zero-order valence-electron chi connectivity index (χ0n) is 7.10. The second-order valence-electron chi connectivity index (χ2n) is 2.61. The van der Waals surface area contributed by atoms with Crippen LogP contribution in [0.15, 0.2) is 23.1 Å². The summed E-state index contributed by atoms with van der Waals surface area (Å²) in [6.45, 7) is -0.161. The van der Waals surface area contributed by atoms with E-state index in [0.717, 1.165) is 0 Å². The Labute approximate surface area is 78.6 Å². The van der Waals surface area contributed by atoms with Crippen molar-refractivity contribution in [3.63, 3.8) is 0 Å². The highest BCUT2D eigenvalue weighted by molar-refractivity contribution is 5.85. The van der Waals surface area contributed by atoms with Gasteiger partial charge in [0.15, 0.2) is 11.9 Å². The summed E-state index contributed by atoms with van der Waals surface area (Å²) in [4.78, 5) is 18.1. The number of nitrogens with zero attached hydrogens (tertiary/aromatic N) is 2. The van der Waals surface area contributed by atoms with Crippen molar-refractivity contribution < 1.29 is 14.3 Å². The normalized spacial score (nSPS) is 10.3. The maximum Gasteiger partial charge on any atom is 0.322 e. The SMILES string of the molecule is O=C(O)CNc1ccnc2ocnc12. The molecule has 0 saturated carbocycles. The summed E-state index contributed by atoms with van der Waals surface area (Å²) in [6, 6.07) is 1.65. The maximum atomic E-state index is 10.3. The molecule has 2 rings (SSSR count). The van der Waals surface area contributed by atoms with Crippen LogP contribution in [0.4, 0.5) is 5.69 Å². The van der Waals surface area contributed by atoms with Crippen molar-refractivity contribution in [1.82, 2.24) is 9.97 Å². The van der Waals surface area contributed by atoms with Crippen molar-refractivity contribution in [2.24, 2.45) is 0 Å². The minimum Gasteiger partial charge on any atom is -0.480 e. The topological polar surface area (TPSA) is 88.2 Å². The predicted molar refractivity (Wildman–Crippen MR) is 47.9 cm³/mol. The Morgan fingerprint density at radius 1 is 1.57 bits per heavy atom. The van der Waals surface area contributed by atoms with Gasteiger partial charge < -0.3 is 14.8 Å². The lowest BCUT2D eigenvalue weighted by Gasteiger charge is -2.01. The zero-order chi connectivity index (χ0) is 9.97. The number of fused-ring (bicyclic) bond motifs is 1. The van der Waals surface area contributed by atoms with Gasteiger partial charge in [-0.15, -0.1) is 0 Å². The number of anilines is 1. The van der Waals surface area contributed by atoms with Gasteiger partial charge in [0.25, 0.3) is 0 Å². The molecule has 2 aromatic heterocycles. The number of aliphatic carboxylic acids is 1. The standard InChI is InChI=1S/C8H7N3O3/c12-6(13)3-10-5-1-2-9-8-7(5)11-4-14-8/h1-2,4H,3H2,(H,9,10)(H,12,13). The Morgan fingerprint density at radius 3 is 3.21 bits per heavy atom. The molecule has 14 heavy (non-hydrogen) atoms. The van der Waals surface area contributed by atoms with Crippen LogP contribution in [-0.4, -0.2) is 27.6 Å². The first-order valence-corrected chi connectivity index (χ1v) is 3.91. The number of rotatable bonds is 3. The number of nitrogens with one attached hydrogen (secondary N) is 1. The molecule has 0 aliphatic rings. The Balaban J connectivity index is 2.32. The average Bonchev–Trinajstić information content (AvgIpc) is 2.62. The van der Waals surface area contributed by atoms with Crippen molar-refractivity contribution in [1.29, 1.82) is 0 Å². The summed E-state index contributed by atoms with van der Waals surface area (Å²) < 4.78 is 4.96. The Hall–Kier alpha value is -2.11. The molecule has 2 N–H and O–H groups in total. The van der Waals surface area contributed by atoms with Crippen molar-refractivity contribution in [2.45, 2.75) is 0 Å². The van der Waals surface area contributed by atoms with Crippen LogP contribution in [0.1, 0.15) is 0 Å². The van der Waals surface area contributed by atoms with E-state index >= 15 is 0 Å². The van der Waals surface area contributed by atoms with Gasteiger partial charge in [-0.2, -0.15) is 0 Å². The van der Waals surface area contributed by atoms with E-state index in [9.17, 15) is 4.79 Å². The lowest BCUT2D eigenvalue weighted by molar-refractivity contribution is -0.134. The molecule has 2 heterocycles. The predicted octanol–water partition coefficient (Wildman–Crippen LogP) is 0.719. The highest BCUT2D eigenvalue weighted by atomic mass is 16.4. The number of aromatic nitrogens is 2. The minimum atomic E-state index is -0.932. The minimum absolute atomic E-state index is 0.161. The second-order valence-corrected chi connectivity index (χ2v) is 2.61. The summed E-state index contributed by atoms with van der Waals surface area (Å²) in [5.74, 6) is -0.932. The third-order valence-corrected chi connectivity index (χ3v) is 1.67. The van der Waals surface area contributed by atoms with Crippen LogP contribution in [0, 0.1) is 0 Å². The quantitative estimate of drug-likeness (QED) is 0.746. The van der Waals surface area contributed by atoms with Gasteiger partial charge in [-0.1, -0.05) is 0 Å². The summed E-state index contributed by atoms with van der Waals surface area (Å²) in [7, 11) is 0. The highest BCUT2D eigenvalue weighted by Crippen LogP contribution is 2.18. The third-order valence-electron chi connectivity index (χ3n) is 1.67. The number of hydrogen-bond acceptors (Lipinski definition) is 5. The number of pyridine rings is 1. The highest BCUT2D eigenvalue weighted by Gasteiger charge is 2.06. The van der Waals surface area contributed by atoms with Crippen LogP contribution in [0.2, 0.25) is 0 Å². The Morgan fingerprint density at radius 2 is 2.43 bits per heavy atom. The van der Waals surface area contributed by atoms with E-state index < -0.39 is 5.97 Å². The molecule has 0 radical (unpaired) electrons. The van der Waals surface area contributed by atoms with E-state index in [4.69, 9.17) is 9.52 Å². The fraction of sp³-hybridized carbons (Fsp3) is 0.125. The van der Waals surface area contributed by atoms with Crippen molar-refractivity contribution in [3.05, 3.63) is 18.7 Å². The van der Waals surface area contributed by atoms with Gasteiger partial charge in [0.1, 0.15) is 6.54 Å². The van der Waals surface area contributed by atoms with Crippen molar-refractivity contribution in [3.8, 4) is 0 Å². The second kappa shape index (κ2) is 3.33. The van der Waals surface area contributed by atoms with Crippen LogP contribution >= 0.6 is 0 Å². The van der Waals surface area contributed by atoms with E-state index in [2.05, 4.69) is 15.3 Å². The Bertz CT molecular complexity index is 466. The maximum absolute atomic E-state index is 10.3. The first kappa shape index (κ1) is 8.49. The molecule has 0 fully saturated rings. The number of carbonyl (C=O) groups is 1. The summed E-state index contributed by atoms with van der Waals surface area (Å²) in [5.41, 5.74) is 1.53. The van der Waals surface area contributed by atoms with Crippen LogP contribution in [0.5, 0.6) is 0 Å². The number of carboxylic acid groups (broad SMARTS) is 1. The number of oxazole rings is 1. The molecule has 6 nitrogen and oxygen atoms in total.